The highest BCUT2D eigenvalue weighted by Gasteiger charge is 2.25. The van der Waals surface area contributed by atoms with Crippen LogP contribution in [0.2, 0.25) is 0 Å². The number of nitrogens with zero attached hydrogens (tertiary/aromatic N) is 5. The molecule has 33 heavy (non-hydrogen) atoms. The number of pyridine rings is 1. The van der Waals surface area contributed by atoms with Crippen molar-refractivity contribution < 1.29 is 9.53 Å². The Kier molecular flexibility index (Phi) is 4.98. The number of ether oxygens (including phenoxy) is 1. The maximum absolute atomic E-state index is 12.9. The zero-order valence-electron chi connectivity index (χ0n) is 18.6. The van der Waals surface area contributed by atoms with E-state index in [0.717, 1.165) is 73.4 Å². The Labute approximate surface area is 191 Å². The maximum Gasteiger partial charge on any atom is 0.256 e. The van der Waals surface area contributed by atoms with Crippen molar-refractivity contribution in [2.45, 2.75) is 44.2 Å². The monoisotopic (exact) mass is 445 g/mol. The molecule has 6 rings (SSSR count). The Bertz CT molecular complexity index is 1330. The fourth-order valence-corrected chi connectivity index (χ4v) is 4.78. The summed E-state index contributed by atoms with van der Waals surface area (Å²) in [4.78, 5) is 22.6. The molecule has 0 radical (unpaired) electrons. The van der Waals surface area contributed by atoms with Crippen molar-refractivity contribution in [2.24, 2.45) is 0 Å². The molecular formula is C24H27N7O2. The van der Waals surface area contributed by atoms with E-state index in [9.17, 15) is 4.79 Å². The highest BCUT2D eigenvalue weighted by Crippen LogP contribution is 2.34. The SMILES string of the molecule is CNc1cc(-c2cn(C3CCOCC3)c3ncccc23)nc2c(C(=O)NC3CCC3)cnn12. The van der Waals surface area contributed by atoms with E-state index in [0.29, 0.717) is 17.3 Å². The zero-order valence-corrected chi connectivity index (χ0v) is 18.6. The molecule has 1 amide bonds. The predicted molar refractivity (Wildman–Crippen MR) is 125 cm³/mol. The van der Waals surface area contributed by atoms with E-state index in [1.54, 1.807) is 10.7 Å². The molecule has 9 heteroatoms. The van der Waals surface area contributed by atoms with E-state index in [2.05, 4.69) is 37.5 Å². The highest BCUT2D eigenvalue weighted by molar-refractivity contribution is 6.01. The van der Waals surface area contributed by atoms with Gasteiger partial charge in [0.2, 0.25) is 0 Å². The molecule has 170 valence electrons. The zero-order chi connectivity index (χ0) is 22.4. The lowest BCUT2D eigenvalue weighted by Gasteiger charge is -2.26. The molecule has 2 fully saturated rings. The number of carbonyl (C=O) groups excluding carboxylic acids is 1. The van der Waals surface area contributed by atoms with Gasteiger partial charge in [-0.1, -0.05) is 0 Å². The van der Waals surface area contributed by atoms with E-state index in [4.69, 9.17) is 9.72 Å². The first-order valence-electron chi connectivity index (χ1n) is 11.6. The van der Waals surface area contributed by atoms with E-state index in [1.807, 2.05) is 25.4 Å². The lowest BCUT2D eigenvalue weighted by Crippen LogP contribution is -2.39. The van der Waals surface area contributed by atoms with E-state index < -0.39 is 0 Å². The van der Waals surface area contributed by atoms with Gasteiger partial charge in [-0.25, -0.2) is 9.97 Å². The topological polar surface area (TPSA) is 98.4 Å². The van der Waals surface area contributed by atoms with Gasteiger partial charge in [-0.2, -0.15) is 9.61 Å². The molecule has 4 aromatic heterocycles. The smallest absolute Gasteiger partial charge is 0.256 e. The first-order valence-corrected chi connectivity index (χ1v) is 11.6. The fourth-order valence-electron chi connectivity index (χ4n) is 4.78. The number of amides is 1. The second kappa shape index (κ2) is 8.15. The van der Waals surface area contributed by atoms with E-state index in [1.165, 1.54) is 0 Å². The van der Waals surface area contributed by atoms with Crippen LogP contribution in [0.3, 0.4) is 0 Å². The summed E-state index contributed by atoms with van der Waals surface area (Å²) < 4.78 is 9.52. The van der Waals surface area contributed by atoms with Crippen LogP contribution in [0.1, 0.15) is 48.5 Å². The third-order valence-corrected chi connectivity index (χ3v) is 6.86. The van der Waals surface area contributed by atoms with Crippen LogP contribution in [0.4, 0.5) is 5.82 Å². The average molecular weight is 446 g/mol. The molecule has 5 heterocycles. The average Bonchev–Trinajstić information content (AvgIpc) is 3.43. The van der Waals surface area contributed by atoms with Crippen LogP contribution in [0.15, 0.2) is 36.8 Å². The minimum absolute atomic E-state index is 0.118. The third-order valence-electron chi connectivity index (χ3n) is 6.86. The van der Waals surface area contributed by atoms with Gasteiger partial charge in [-0.05, 0) is 44.2 Å². The van der Waals surface area contributed by atoms with Crippen molar-refractivity contribution in [1.82, 2.24) is 29.5 Å². The lowest BCUT2D eigenvalue weighted by molar-refractivity contribution is 0.0706. The van der Waals surface area contributed by atoms with Gasteiger partial charge in [0, 0.05) is 61.8 Å². The molecule has 1 saturated heterocycles. The van der Waals surface area contributed by atoms with Gasteiger partial charge < -0.3 is 19.9 Å². The number of fused-ring (bicyclic) bond motifs is 2. The summed E-state index contributed by atoms with van der Waals surface area (Å²) in [5.41, 5.74) is 3.77. The number of hydrogen-bond acceptors (Lipinski definition) is 6. The predicted octanol–water partition coefficient (Wildman–Crippen LogP) is 3.42. The molecule has 2 N–H and O–H groups in total. The lowest BCUT2D eigenvalue weighted by atomic mass is 9.93. The summed E-state index contributed by atoms with van der Waals surface area (Å²) in [6.45, 7) is 1.52. The largest absolute Gasteiger partial charge is 0.381 e. The first kappa shape index (κ1) is 20.2. The van der Waals surface area contributed by atoms with Gasteiger partial charge in [-0.15, -0.1) is 0 Å². The van der Waals surface area contributed by atoms with Gasteiger partial charge in [0.15, 0.2) is 5.65 Å². The third kappa shape index (κ3) is 3.43. The quantitative estimate of drug-likeness (QED) is 0.488. The normalized spacial score (nSPS) is 17.4. The minimum atomic E-state index is -0.118. The van der Waals surface area contributed by atoms with Gasteiger partial charge in [0.1, 0.15) is 17.0 Å². The van der Waals surface area contributed by atoms with Crippen LogP contribution in [0.5, 0.6) is 0 Å². The Morgan fingerprint density at radius 1 is 1.18 bits per heavy atom. The summed E-state index contributed by atoms with van der Waals surface area (Å²) in [7, 11) is 1.85. The highest BCUT2D eigenvalue weighted by atomic mass is 16.5. The summed E-state index contributed by atoms with van der Waals surface area (Å²) in [5.74, 6) is 0.654. The van der Waals surface area contributed by atoms with Crippen molar-refractivity contribution >= 4 is 28.4 Å². The standard InChI is InChI=1S/C24H27N7O2/c1-25-21-12-20(29-23-18(13-27-31(21)23)24(32)28-15-4-2-5-15)19-14-30(16-7-10-33-11-8-16)22-17(19)6-3-9-26-22/h3,6,9,12-16,25H,2,4-5,7-8,10-11H2,1H3,(H,28,32). The number of nitrogens with one attached hydrogen (secondary N) is 2. The number of anilines is 1. The van der Waals surface area contributed by atoms with Crippen LogP contribution in [0, 0.1) is 0 Å². The molecule has 1 aliphatic heterocycles. The van der Waals surface area contributed by atoms with Crippen LogP contribution in [0.25, 0.3) is 27.9 Å². The Morgan fingerprint density at radius 3 is 2.79 bits per heavy atom. The van der Waals surface area contributed by atoms with Crippen molar-refractivity contribution in [3.63, 3.8) is 0 Å². The molecule has 1 aliphatic carbocycles. The summed E-state index contributed by atoms with van der Waals surface area (Å²) in [5, 5.41) is 11.8. The molecule has 0 unspecified atom stereocenters. The van der Waals surface area contributed by atoms with Crippen LogP contribution in [-0.4, -0.2) is 56.4 Å². The second-order valence-corrected chi connectivity index (χ2v) is 8.84. The minimum Gasteiger partial charge on any atom is -0.381 e. The van der Waals surface area contributed by atoms with Gasteiger partial charge in [0.25, 0.3) is 5.91 Å². The summed E-state index contributed by atoms with van der Waals surface area (Å²) in [6.07, 6.45) is 10.7. The fraction of sp³-hybridized carbons (Fsp3) is 0.417. The van der Waals surface area contributed by atoms with Crippen LogP contribution >= 0.6 is 0 Å². The summed E-state index contributed by atoms with van der Waals surface area (Å²) in [6, 6.07) is 6.61. The van der Waals surface area contributed by atoms with Crippen molar-refractivity contribution in [2.75, 3.05) is 25.6 Å². The van der Waals surface area contributed by atoms with Crippen molar-refractivity contribution in [3.05, 3.63) is 42.4 Å². The molecule has 2 aliphatic rings. The van der Waals surface area contributed by atoms with Crippen molar-refractivity contribution in [3.8, 4) is 11.3 Å². The summed E-state index contributed by atoms with van der Waals surface area (Å²) >= 11 is 0. The van der Waals surface area contributed by atoms with Gasteiger partial charge in [0.05, 0.1) is 11.9 Å². The Hall–Kier alpha value is -3.46. The van der Waals surface area contributed by atoms with E-state index in [-0.39, 0.29) is 11.9 Å². The maximum atomic E-state index is 12.9. The molecule has 0 aromatic carbocycles. The van der Waals surface area contributed by atoms with Gasteiger partial charge in [-0.3, -0.25) is 4.79 Å². The first-order chi connectivity index (χ1) is 16.2. The Morgan fingerprint density at radius 2 is 2.03 bits per heavy atom. The molecule has 0 atom stereocenters. The van der Waals surface area contributed by atoms with Crippen LogP contribution in [-0.2, 0) is 4.74 Å². The number of aromatic nitrogens is 5. The number of rotatable bonds is 5. The van der Waals surface area contributed by atoms with Gasteiger partial charge >= 0.3 is 0 Å². The van der Waals surface area contributed by atoms with Crippen molar-refractivity contribution in [1.29, 1.82) is 0 Å². The molecule has 1 saturated carbocycles. The number of hydrogen-bond donors (Lipinski definition) is 2. The Balaban J connectivity index is 1.48. The molecule has 0 bridgehead atoms. The van der Waals surface area contributed by atoms with Crippen LogP contribution < -0.4 is 10.6 Å². The van der Waals surface area contributed by atoms with E-state index >= 15 is 0 Å². The molecule has 4 aromatic rings. The molecule has 0 spiro atoms. The number of carbonyl (C=O) groups is 1. The molecular weight excluding hydrogens is 418 g/mol. The molecule has 9 nitrogen and oxygen atoms in total. The second-order valence-electron chi connectivity index (χ2n) is 8.84.